The summed E-state index contributed by atoms with van der Waals surface area (Å²) in [6, 6.07) is 47.9. The number of rotatable bonds is 3. The maximum absolute atomic E-state index is 9.59. The summed E-state index contributed by atoms with van der Waals surface area (Å²) in [5, 5.41) is 14.2. The zero-order valence-electron chi connectivity index (χ0n) is 22.5. The molecule has 0 saturated heterocycles. The first kappa shape index (κ1) is 23.8. The highest BCUT2D eigenvalue weighted by atomic mass is 15.0. The lowest BCUT2D eigenvalue weighted by atomic mass is 9.98. The Kier molecular flexibility index (Phi) is 5.22. The van der Waals surface area contributed by atoms with Crippen molar-refractivity contribution in [1.29, 1.82) is 5.26 Å². The van der Waals surface area contributed by atoms with E-state index in [0.29, 0.717) is 11.3 Å². The van der Waals surface area contributed by atoms with Crippen molar-refractivity contribution in [2.75, 3.05) is 0 Å². The highest BCUT2D eigenvalue weighted by molar-refractivity contribution is 6.16. The van der Waals surface area contributed by atoms with Gasteiger partial charge in [0.2, 0.25) is 0 Å². The lowest BCUT2D eigenvalue weighted by Gasteiger charge is -2.16. The van der Waals surface area contributed by atoms with Gasteiger partial charge < -0.3 is 9.13 Å². The molecule has 0 unspecified atom stereocenters. The predicted molar refractivity (Wildman–Crippen MR) is 172 cm³/mol. The molecule has 0 N–H and O–H groups in total. The van der Waals surface area contributed by atoms with Gasteiger partial charge >= 0.3 is 0 Å². The standard InChI is InChI=1S/C38H22N4/c1-40-34-21-25(24-39)19-20-28(34)32-22-27(41-35-16-8-5-13-29(35)30-14-6-9-17-36(30)41)23-33-31-15-7-10-18-37(31)42(38(32)33)26-11-3-2-4-12-26/h2-23H. The smallest absolute Gasteiger partial charge is 0.196 e. The first-order chi connectivity index (χ1) is 20.8. The molecule has 8 rings (SSSR count). The van der Waals surface area contributed by atoms with Crippen molar-refractivity contribution in [3.63, 3.8) is 0 Å². The van der Waals surface area contributed by atoms with Crippen LogP contribution in [-0.4, -0.2) is 9.13 Å². The van der Waals surface area contributed by atoms with Crippen molar-refractivity contribution in [2.24, 2.45) is 0 Å². The number of nitriles is 1. The van der Waals surface area contributed by atoms with Crippen LogP contribution in [0.15, 0.2) is 133 Å². The average molecular weight is 535 g/mol. The molecule has 0 radical (unpaired) electrons. The van der Waals surface area contributed by atoms with Gasteiger partial charge in [-0.1, -0.05) is 78.9 Å². The Labute approximate surface area is 242 Å². The normalized spacial score (nSPS) is 11.3. The van der Waals surface area contributed by atoms with Gasteiger partial charge in [-0.3, -0.25) is 0 Å². The van der Waals surface area contributed by atoms with E-state index in [9.17, 15) is 5.26 Å². The summed E-state index contributed by atoms with van der Waals surface area (Å²) in [5.74, 6) is 0. The molecule has 42 heavy (non-hydrogen) atoms. The van der Waals surface area contributed by atoms with Crippen LogP contribution in [0.1, 0.15) is 5.56 Å². The molecule has 0 fully saturated rings. The van der Waals surface area contributed by atoms with E-state index < -0.39 is 0 Å². The number of hydrogen-bond donors (Lipinski definition) is 0. The van der Waals surface area contributed by atoms with Crippen molar-refractivity contribution >= 4 is 49.3 Å². The zero-order chi connectivity index (χ0) is 28.2. The molecule has 0 aliphatic rings. The number of para-hydroxylation sites is 4. The van der Waals surface area contributed by atoms with E-state index in [1.54, 1.807) is 12.1 Å². The average Bonchev–Trinajstić information content (AvgIpc) is 3.57. The maximum atomic E-state index is 9.59. The number of aromatic nitrogens is 2. The van der Waals surface area contributed by atoms with Crippen molar-refractivity contribution < 1.29 is 0 Å². The summed E-state index contributed by atoms with van der Waals surface area (Å²) in [6.07, 6.45) is 0. The zero-order valence-corrected chi connectivity index (χ0v) is 22.5. The number of fused-ring (bicyclic) bond motifs is 6. The maximum Gasteiger partial charge on any atom is 0.196 e. The summed E-state index contributed by atoms with van der Waals surface area (Å²) in [4.78, 5) is 3.89. The van der Waals surface area contributed by atoms with Gasteiger partial charge in [-0.2, -0.15) is 5.26 Å². The van der Waals surface area contributed by atoms with Crippen molar-refractivity contribution in [1.82, 2.24) is 9.13 Å². The molecule has 0 atom stereocenters. The van der Waals surface area contributed by atoms with Crippen LogP contribution in [0.25, 0.3) is 71.0 Å². The van der Waals surface area contributed by atoms with Gasteiger partial charge in [-0.25, -0.2) is 4.85 Å². The van der Waals surface area contributed by atoms with Crippen LogP contribution in [0.2, 0.25) is 0 Å². The Hall–Kier alpha value is -6.10. The Balaban J connectivity index is 1.59. The molecule has 0 amide bonds. The van der Waals surface area contributed by atoms with Crippen LogP contribution in [0.4, 0.5) is 5.69 Å². The SMILES string of the molecule is [C-]#[N+]c1cc(C#N)ccc1-c1cc(-n2c3ccccc3c3ccccc32)cc2c3ccccc3n(-c3ccccc3)c12. The number of nitrogens with zero attached hydrogens (tertiary/aromatic N) is 4. The molecule has 2 heterocycles. The molecule has 4 heteroatoms. The van der Waals surface area contributed by atoms with E-state index in [4.69, 9.17) is 6.57 Å². The molecule has 2 aromatic heterocycles. The van der Waals surface area contributed by atoms with Crippen LogP contribution < -0.4 is 0 Å². The summed E-state index contributed by atoms with van der Waals surface area (Å²) < 4.78 is 4.62. The van der Waals surface area contributed by atoms with Gasteiger partial charge in [0.1, 0.15) is 0 Å². The van der Waals surface area contributed by atoms with Crippen molar-refractivity contribution in [3.05, 3.63) is 150 Å². The molecular formula is C38H22N4. The lowest BCUT2D eigenvalue weighted by Crippen LogP contribution is -1.98. The van der Waals surface area contributed by atoms with Gasteiger partial charge in [0.05, 0.1) is 34.7 Å². The van der Waals surface area contributed by atoms with E-state index in [-0.39, 0.29) is 0 Å². The van der Waals surface area contributed by atoms with Crippen LogP contribution in [-0.2, 0) is 0 Å². The fourth-order valence-corrected chi connectivity index (χ4v) is 6.38. The van der Waals surface area contributed by atoms with E-state index in [0.717, 1.165) is 55.3 Å². The molecule has 194 valence electrons. The van der Waals surface area contributed by atoms with Crippen LogP contribution >= 0.6 is 0 Å². The molecule has 0 aliphatic carbocycles. The Morgan fingerprint density at radius 2 is 1.10 bits per heavy atom. The second-order valence-electron chi connectivity index (χ2n) is 10.4. The fraction of sp³-hybridized carbons (Fsp3) is 0. The molecule has 0 saturated carbocycles. The van der Waals surface area contributed by atoms with Crippen LogP contribution in [0.5, 0.6) is 0 Å². The van der Waals surface area contributed by atoms with E-state index in [1.165, 1.54) is 10.8 Å². The third-order valence-electron chi connectivity index (χ3n) is 8.14. The molecule has 0 spiro atoms. The number of hydrogen-bond acceptors (Lipinski definition) is 1. The predicted octanol–water partition coefficient (Wildman–Crippen LogP) is 9.97. The molecule has 0 aliphatic heterocycles. The van der Waals surface area contributed by atoms with Gasteiger partial charge in [0.25, 0.3) is 0 Å². The minimum atomic E-state index is 0.458. The topological polar surface area (TPSA) is 38.0 Å². The quantitative estimate of drug-likeness (QED) is 0.208. The summed E-state index contributed by atoms with van der Waals surface area (Å²) in [6.45, 7) is 8.05. The molecule has 6 aromatic carbocycles. The van der Waals surface area contributed by atoms with Gasteiger partial charge in [-0.15, -0.1) is 0 Å². The third-order valence-corrected chi connectivity index (χ3v) is 8.14. The van der Waals surface area contributed by atoms with E-state index in [1.807, 2.05) is 24.3 Å². The molecule has 4 nitrogen and oxygen atoms in total. The number of benzene rings is 6. The van der Waals surface area contributed by atoms with Crippen molar-refractivity contribution in [3.8, 4) is 28.6 Å². The largest absolute Gasteiger partial charge is 0.309 e. The minimum absolute atomic E-state index is 0.458. The van der Waals surface area contributed by atoms with Crippen LogP contribution in [0, 0.1) is 17.9 Å². The summed E-state index contributed by atoms with van der Waals surface area (Å²) >= 11 is 0. The van der Waals surface area contributed by atoms with Gasteiger partial charge in [0, 0.05) is 38.5 Å². The molecule has 0 bridgehead atoms. The first-order valence-electron chi connectivity index (χ1n) is 13.8. The second kappa shape index (κ2) is 9.24. The second-order valence-corrected chi connectivity index (χ2v) is 10.4. The van der Waals surface area contributed by atoms with E-state index in [2.05, 4.69) is 117 Å². The van der Waals surface area contributed by atoms with Crippen molar-refractivity contribution in [2.45, 2.75) is 0 Å². The van der Waals surface area contributed by atoms with Gasteiger partial charge in [-0.05, 0) is 65.7 Å². The Morgan fingerprint density at radius 1 is 0.524 bits per heavy atom. The summed E-state index contributed by atoms with van der Waals surface area (Å²) in [5.41, 5.74) is 9.12. The van der Waals surface area contributed by atoms with Gasteiger partial charge in [0.15, 0.2) is 5.69 Å². The Bertz CT molecular complexity index is 2380. The lowest BCUT2D eigenvalue weighted by molar-refractivity contribution is 1.17. The third kappa shape index (κ3) is 3.40. The monoisotopic (exact) mass is 534 g/mol. The minimum Gasteiger partial charge on any atom is -0.309 e. The van der Waals surface area contributed by atoms with E-state index >= 15 is 0 Å². The molecular weight excluding hydrogens is 512 g/mol. The first-order valence-corrected chi connectivity index (χ1v) is 13.8. The molecule has 8 aromatic rings. The van der Waals surface area contributed by atoms with Crippen LogP contribution in [0.3, 0.4) is 0 Å². The Morgan fingerprint density at radius 3 is 1.71 bits per heavy atom. The highest BCUT2D eigenvalue weighted by Crippen LogP contribution is 2.44. The highest BCUT2D eigenvalue weighted by Gasteiger charge is 2.21. The fourth-order valence-electron chi connectivity index (χ4n) is 6.38. The summed E-state index contributed by atoms with van der Waals surface area (Å²) in [7, 11) is 0.